The van der Waals surface area contributed by atoms with Crippen molar-refractivity contribution in [3.05, 3.63) is 29.8 Å². The first kappa shape index (κ1) is 18.8. The number of carbonyl (C=O) groups excluding carboxylic acids is 3. The van der Waals surface area contributed by atoms with Crippen molar-refractivity contribution < 1.29 is 19.1 Å². The lowest BCUT2D eigenvalue weighted by molar-refractivity contribution is 0.0291. The van der Waals surface area contributed by atoms with Gasteiger partial charge in [-0.2, -0.15) is 0 Å². The van der Waals surface area contributed by atoms with Gasteiger partial charge in [-0.3, -0.25) is 4.79 Å². The molecule has 1 unspecified atom stereocenters. The second-order valence-electron chi connectivity index (χ2n) is 7.15. The standard InChI is InChI=1S/C18H25N3O4/c1-12(22)13-6-5-7-14(10-13)19-16(23)20-15-8-9-21(11-15)17(24)25-18(2,3)4/h5-7,10,15H,8-9,11H2,1-4H3,(H2,19,20,23). The summed E-state index contributed by atoms with van der Waals surface area (Å²) in [6.07, 6.45) is 0.298. The van der Waals surface area contributed by atoms with Crippen LogP contribution in [0.4, 0.5) is 15.3 Å². The number of nitrogens with one attached hydrogen (secondary N) is 2. The number of nitrogens with zero attached hydrogens (tertiary/aromatic N) is 1. The molecule has 3 amide bonds. The molecule has 2 N–H and O–H groups in total. The first-order valence-corrected chi connectivity index (χ1v) is 8.30. The second-order valence-corrected chi connectivity index (χ2v) is 7.15. The zero-order valence-corrected chi connectivity index (χ0v) is 15.1. The molecule has 0 spiro atoms. The van der Waals surface area contributed by atoms with Crippen LogP contribution in [-0.2, 0) is 4.74 Å². The van der Waals surface area contributed by atoms with Crippen LogP contribution in [0.25, 0.3) is 0 Å². The number of likely N-dealkylation sites (tertiary alicyclic amines) is 1. The molecule has 1 atom stereocenters. The molecule has 0 bridgehead atoms. The Morgan fingerprint density at radius 1 is 1.24 bits per heavy atom. The van der Waals surface area contributed by atoms with Crippen LogP contribution in [0, 0.1) is 0 Å². The number of Topliss-reactive ketones (excluding diaryl/α,β-unsaturated/α-hetero) is 1. The maximum absolute atomic E-state index is 12.1. The van der Waals surface area contributed by atoms with Gasteiger partial charge in [0.15, 0.2) is 5.78 Å². The molecular weight excluding hydrogens is 322 g/mol. The minimum absolute atomic E-state index is 0.0622. The fourth-order valence-corrected chi connectivity index (χ4v) is 2.54. The third-order valence-corrected chi connectivity index (χ3v) is 3.70. The van der Waals surface area contributed by atoms with Gasteiger partial charge in [0.2, 0.25) is 0 Å². The highest BCUT2D eigenvalue weighted by Gasteiger charge is 2.30. The molecule has 0 saturated carbocycles. The van der Waals surface area contributed by atoms with Crippen LogP contribution in [0.1, 0.15) is 44.5 Å². The molecule has 25 heavy (non-hydrogen) atoms. The molecule has 136 valence electrons. The van der Waals surface area contributed by atoms with Gasteiger partial charge in [0.25, 0.3) is 0 Å². The number of ketones is 1. The van der Waals surface area contributed by atoms with Crippen LogP contribution in [0.15, 0.2) is 24.3 Å². The van der Waals surface area contributed by atoms with E-state index in [2.05, 4.69) is 10.6 Å². The summed E-state index contributed by atoms with van der Waals surface area (Å²) in [4.78, 5) is 37.1. The molecule has 1 aromatic carbocycles. The van der Waals surface area contributed by atoms with E-state index in [-0.39, 0.29) is 23.9 Å². The van der Waals surface area contributed by atoms with Gasteiger partial charge in [0.05, 0.1) is 0 Å². The molecule has 1 saturated heterocycles. The van der Waals surface area contributed by atoms with Crippen molar-refractivity contribution in [2.24, 2.45) is 0 Å². The third kappa shape index (κ3) is 5.77. The Balaban J connectivity index is 1.85. The predicted molar refractivity (Wildman–Crippen MR) is 94.8 cm³/mol. The second kappa shape index (κ2) is 7.55. The van der Waals surface area contributed by atoms with Crippen LogP contribution in [0.2, 0.25) is 0 Å². The third-order valence-electron chi connectivity index (χ3n) is 3.70. The SMILES string of the molecule is CC(=O)c1cccc(NC(=O)NC2CCN(C(=O)OC(C)(C)C)C2)c1. The van der Waals surface area contributed by atoms with Crippen molar-refractivity contribution in [2.45, 2.75) is 45.8 Å². The summed E-state index contributed by atoms with van der Waals surface area (Å²) < 4.78 is 5.33. The average Bonchev–Trinajstić information content (AvgIpc) is 2.94. The van der Waals surface area contributed by atoms with Crippen LogP contribution >= 0.6 is 0 Å². The van der Waals surface area contributed by atoms with Crippen LogP contribution in [-0.4, -0.2) is 47.5 Å². The van der Waals surface area contributed by atoms with E-state index in [1.54, 1.807) is 29.2 Å². The Labute approximate surface area is 147 Å². The average molecular weight is 347 g/mol. The first-order chi connectivity index (χ1) is 11.6. The van der Waals surface area contributed by atoms with Crippen LogP contribution < -0.4 is 10.6 Å². The maximum atomic E-state index is 12.1. The molecule has 7 heteroatoms. The Hall–Kier alpha value is -2.57. The van der Waals surface area contributed by atoms with E-state index in [1.807, 2.05) is 20.8 Å². The molecule has 0 aliphatic carbocycles. The number of rotatable bonds is 3. The van der Waals surface area contributed by atoms with E-state index < -0.39 is 5.60 Å². The van der Waals surface area contributed by atoms with Gasteiger partial charge in [-0.1, -0.05) is 12.1 Å². The minimum Gasteiger partial charge on any atom is -0.444 e. The molecule has 7 nitrogen and oxygen atoms in total. The van der Waals surface area contributed by atoms with Crippen molar-refractivity contribution in [3.8, 4) is 0 Å². The summed E-state index contributed by atoms with van der Waals surface area (Å²) in [6, 6.07) is 6.25. The van der Waals surface area contributed by atoms with E-state index in [9.17, 15) is 14.4 Å². The van der Waals surface area contributed by atoms with Crippen molar-refractivity contribution >= 4 is 23.6 Å². The lowest BCUT2D eigenvalue weighted by atomic mass is 10.1. The summed E-state index contributed by atoms with van der Waals surface area (Å²) in [5.74, 6) is -0.0622. The summed E-state index contributed by atoms with van der Waals surface area (Å²) in [5, 5.41) is 5.55. The number of urea groups is 1. The number of amides is 3. The molecular formula is C18H25N3O4. The van der Waals surface area contributed by atoms with Crippen molar-refractivity contribution in [3.63, 3.8) is 0 Å². The Bertz CT molecular complexity index is 667. The Morgan fingerprint density at radius 3 is 2.60 bits per heavy atom. The van der Waals surface area contributed by atoms with Gasteiger partial charge in [-0.25, -0.2) is 9.59 Å². The molecule has 0 aromatic heterocycles. The topological polar surface area (TPSA) is 87.7 Å². The number of anilines is 1. The van der Waals surface area contributed by atoms with Crippen LogP contribution in [0.3, 0.4) is 0 Å². The molecule has 1 aromatic rings. The van der Waals surface area contributed by atoms with E-state index in [0.717, 1.165) is 0 Å². The van der Waals surface area contributed by atoms with E-state index in [0.29, 0.717) is 30.8 Å². The van der Waals surface area contributed by atoms with Gasteiger partial charge in [0.1, 0.15) is 5.60 Å². The highest BCUT2D eigenvalue weighted by molar-refractivity contribution is 5.96. The molecule has 1 aliphatic rings. The number of ether oxygens (including phenoxy) is 1. The number of hydrogen-bond acceptors (Lipinski definition) is 4. The lowest BCUT2D eigenvalue weighted by Crippen LogP contribution is -2.41. The summed E-state index contributed by atoms with van der Waals surface area (Å²) >= 11 is 0. The lowest BCUT2D eigenvalue weighted by Gasteiger charge is -2.24. The quantitative estimate of drug-likeness (QED) is 0.823. The largest absolute Gasteiger partial charge is 0.444 e. The van der Waals surface area contributed by atoms with Gasteiger partial charge < -0.3 is 20.3 Å². The summed E-state index contributed by atoms with van der Waals surface area (Å²) in [6.45, 7) is 7.89. The zero-order chi connectivity index (χ0) is 18.6. The maximum Gasteiger partial charge on any atom is 0.410 e. The van der Waals surface area contributed by atoms with Gasteiger partial charge in [-0.05, 0) is 46.2 Å². The predicted octanol–water partition coefficient (Wildman–Crippen LogP) is 3.02. The number of benzene rings is 1. The number of carbonyl (C=O) groups is 3. The number of hydrogen-bond donors (Lipinski definition) is 2. The fourth-order valence-electron chi connectivity index (χ4n) is 2.54. The zero-order valence-electron chi connectivity index (χ0n) is 15.1. The minimum atomic E-state index is -0.540. The normalized spacial score (nSPS) is 17.1. The van der Waals surface area contributed by atoms with Crippen molar-refractivity contribution in [1.29, 1.82) is 0 Å². The monoisotopic (exact) mass is 347 g/mol. The fraction of sp³-hybridized carbons (Fsp3) is 0.500. The van der Waals surface area contributed by atoms with Crippen LogP contribution in [0.5, 0.6) is 0 Å². The molecule has 1 heterocycles. The van der Waals surface area contributed by atoms with Crippen molar-refractivity contribution in [1.82, 2.24) is 10.2 Å². The Kier molecular flexibility index (Phi) is 5.66. The highest BCUT2D eigenvalue weighted by atomic mass is 16.6. The van der Waals surface area contributed by atoms with E-state index in [1.165, 1.54) is 6.92 Å². The van der Waals surface area contributed by atoms with Gasteiger partial charge >= 0.3 is 12.1 Å². The van der Waals surface area contributed by atoms with Crippen molar-refractivity contribution in [2.75, 3.05) is 18.4 Å². The molecule has 2 rings (SSSR count). The van der Waals surface area contributed by atoms with Gasteiger partial charge in [-0.15, -0.1) is 0 Å². The Morgan fingerprint density at radius 2 is 1.96 bits per heavy atom. The highest BCUT2D eigenvalue weighted by Crippen LogP contribution is 2.16. The molecule has 1 fully saturated rings. The van der Waals surface area contributed by atoms with E-state index in [4.69, 9.17) is 4.74 Å². The smallest absolute Gasteiger partial charge is 0.410 e. The van der Waals surface area contributed by atoms with E-state index >= 15 is 0 Å². The summed E-state index contributed by atoms with van der Waals surface area (Å²) in [5.41, 5.74) is 0.545. The summed E-state index contributed by atoms with van der Waals surface area (Å²) in [7, 11) is 0. The molecule has 1 aliphatic heterocycles. The van der Waals surface area contributed by atoms with Gasteiger partial charge in [0, 0.05) is 30.4 Å². The molecule has 0 radical (unpaired) electrons. The first-order valence-electron chi connectivity index (χ1n) is 8.30.